The van der Waals surface area contributed by atoms with Crippen molar-refractivity contribution in [2.24, 2.45) is 0 Å². The van der Waals surface area contributed by atoms with E-state index in [-0.39, 0.29) is 17.5 Å². The molecule has 0 bridgehead atoms. The Hall–Kier alpha value is -3.45. The summed E-state index contributed by atoms with van der Waals surface area (Å²) in [7, 11) is 0. The molecule has 32 heavy (non-hydrogen) atoms. The molecular weight excluding hydrogens is 423 g/mol. The number of hydrogen-bond donors (Lipinski definition) is 1. The lowest BCUT2D eigenvalue weighted by Crippen LogP contribution is -2.14. The molecule has 1 amide bonds. The molecule has 1 aromatic heterocycles. The average molecular weight is 447 g/mol. The number of nitrogens with zero attached hydrogens (tertiary/aromatic N) is 3. The van der Waals surface area contributed by atoms with Crippen LogP contribution in [0, 0.1) is 5.82 Å². The molecule has 0 fully saturated rings. The van der Waals surface area contributed by atoms with Gasteiger partial charge in [0, 0.05) is 17.8 Å². The Kier molecular flexibility index (Phi) is 6.97. The summed E-state index contributed by atoms with van der Waals surface area (Å²) in [6.07, 6.45) is 1.59. The highest BCUT2D eigenvalue weighted by Gasteiger charge is 2.16. The number of amides is 1. The van der Waals surface area contributed by atoms with Crippen LogP contribution in [-0.4, -0.2) is 26.4 Å². The molecule has 1 heterocycles. The van der Waals surface area contributed by atoms with Gasteiger partial charge < -0.3 is 5.32 Å². The monoisotopic (exact) mass is 446 g/mol. The summed E-state index contributed by atoms with van der Waals surface area (Å²) in [4.78, 5) is 12.4. The minimum absolute atomic E-state index is 0.161. The fraction of sp³-hybridized carbons (Fsp3) is 0.160. The van der Waals surface area contributed by atoms with Crippen LogP contribution in [0.2, 0.25) is 0 Å². The third-order valence-corrected chi connectivity index (χ3v) is 5.90. The van der Waals surface area contributed by atoms with Gasteiger partial charge in [-0.1, -0.05) is 61.2 Å². The van der Waals surface area contributed by atoms with Crippen LogP contribution >= 0.6 is 11.8 Å². The second-order valence-corrected chi connectivity index (χ2v) is 8.20. The van der Waals surface area contributed by atoms with E-state index in [0.717, 1.165) is 23.5 Å². The number of thioether (sulfide) groups is 1. The first-order chi connectivity index (χ1) is 15.6. The van der Waals surface area contributed by atoms with E-state index in [2.05, 4.69) is 58.8 Å². The van der Waals surface area contributed by atoms with Gasteiger partial charge in [0.05, 0.1) is 5.75 Å². The second-order valence-electron chi connectivity index (χ2n) is 7.26. The van der Waals surface area contributed by atoms with Gasteiger partial charge in [-0.2, -0.15) is 0 Å². The molecule has 0 aliphatic rings. The van der Waals surface area contributed by atoms with Gasteiger partial charge in [0.15, 0.2) is 5.16 Å². The van der Waals surface area contributed by atoms with Crippen LogP contribution in [0.5, 0.6) is 0 Å². The zero-order chi connectivity index (χ0) is 22.3. The number of aryl methyl sites for hydroxylation is 1. The Morgan fingerprint density at radius 3 is 2.34 bits per heavy atom. The molecule has 0 aliphatic heterocycles. The molecule has 0 spiro atoms. The Morgan fingerprint density at radius 1 is 0.938 bits per heavy atom. The average Bonchev–Trinajstić information content (AvgIpc) is 3.22. The van der Waals surface area contributed by atoms with Crippen molar-refractivity contribution in [1.82, 2.24) is 14.8 Å². The minimum Gasteiger partial charge on any atom is -0.325 e. The number of nitrogens with one attached hydrogen (secondary N) is 1. The molecule has 0 unspecified atom stereocenters. The molecule has 0 aliphatic carbocycles. The van der Waals surface area contributed by atoms with Gasteiger partial charge in [-0.05, 0) is 53.9 Å². The Balaban J connectivity index is 1.55. The molecule has 4 aromatic rings. The van der Waals surface area contributed by atoms with E-state index < -0.39 is 0 Å². The summed E-state index contributed by atoms with van der Waals surface area (Å²) >= 11 is 1.32. The number of halogens is 1. The number of anilines is 1. The van der Waals surface area contributed by atoms with Crippen LogP contribution in [0.25, 0.3) is 5.69 Å². The maximum Gasteiger partial charge on any atom is 0.234 e. The third kappa shape index (κ3) is 5.42. The van der Waals surface area contributed by atoms with Gasteiger partial charge in [0.2, 0.25) is 5.91 Å². The number of carbonyl (C=O) groups is 1. The minimum atomic E-state index is -0.342. The SMILES string of the molecule is CCc1ccc(-n2c(Cc3ccccc3)nnc2SCC(=O)Nc2ccc(F)cc2)cc1. The molecule has 3 aromatic carbocycles. The first-order valence-electron chi connectivity index (χ1n) is 10.4. The molecular formula is C25H23FN4OS. The third-order valence-electron chi connectivity index (χ3n) is 4.97. The lowest BCUT2D eigenvalue weighted by molar-refractivity contribution is -0.113. The molecule has 162 valence electrons. The van der Waals surface area contributed by atoms with Gasteiger partial charge in [0.25, 0.3) is 0 Å². The summed E-state index contributed by atoms with van der Waals surface area (Å²) < 4.78 is 15.1. The molecule has 0 saturated heterocycles. The van der Waals surface area contributed by atoms with Crippen molar-refractivity contribution in [2.75, 3.05) is 11.1 Å². The fourth-order valence-corrected chi connectivity index (χ4v) is 4.06. The lowest BCUT2D eigenvalue weighted by Gasteiger charge is -2.11. The number of benzene rings is 3. The van der Waals surface area contributed by atoms with E-state index in [9.17, 15) is 9.18 Å². The normalized spacial score (nSPS) is 10.8. The van der Waals surface area contributed by atoms with E-state index >= 15 is 0 Å². The maximum atomic E-state index is 13.1. The first kappa shape index (κ1) is 21.8. The van der Waals surface area contributed by atoms with E-state index in [4.69, 9.17) is 0 Å². The molecule has 4 rings (SSSR count). The largest absolute Gasteiger partial charge is 0.325 e. The maximum absolute atomic E-state index is 13.1. The highest BCUT2D eigenvalue weighted by Crippen LogP contribution is 2.24. The summed E-state index contributed by atoms with van der Waals surface area (Å²) in [6, 6.07) is 24.1. The Morgan fingerprint density at radius 2 is 1.66 bits per heavy atom. The van der Waals surface area contributed by atoms with E-state index in [1.807, 2.05) is 22.8 Å². The van der Waals surface area contributed by atoms with Gasteiger partial charge in [-0.15, -0.1) is 10.2 Å². The zero-order valence-electron chi connectivity index (χ0n) is 17.7. The molecule has 7 heteroatoms. The Labute approximate surface area is 190 Å². The first-order valence-corrected chi connectivity index (χ1v) is 11.4. The van der Waals surface area contributed by atoms with Gasteiger partial charge in [-0.3, -0.25) is 9.36 Å². The van der Waals surface area contributed by atoms with Crippen LogP contribution in [-0.2, 0) is 17.6 Å². The van der Waals surface area contributed by atoms with Crippen molar-refractivity contribution in [1.29, 1.82) is 0 Å². The highest BCUT2D eigenvalue weighted by molar-refractivity contribution is 7.99. The quantitative estimate of drug-likeness (QED) is 0.374. The van der Waals surface area contributed by atoms with E-state index in [1.165, 1.54) is 41.6 Å². The predicted molar refractivity (Wildman–Crippen MR) is 126 cm³/mol. The van der Waals surface area contributed by atoms with E-state index in [1.54, 1.807) is 0 Å². The van der Waals surface area contributed by atoms with Crippen molar-refractivity contribution < 1.29 is 9.18 Å². The molecule has 0 radical (unpaired) electrons. The molecule has 1 N–H and O–H groups in total. The fourth-order valence-electron chi connectivity index (χ4n) is 3.29. The van der Waals surface area contributed by atoms with Crippen molar-refractivity contribution in [3.8, 4) is 5.69 Å². The number of aromatic nitrogens is 3. The zero-order valence-corrected chi connectivity index (χ0v) is 18.5. The van der Waals surface area contributed by atoms with Crippen LogP contribution in [0.3, 0.4) is 0 Å². The van der Waals surface area contributed by atoms with E-state index in [0.29, 0.717) is 17.3 Å². The topological polar surface area (TPSA) is 59.8 Å². The molecule has 0 saturated carbocycles. The summed E-state index contributed by atoms with van der Waals surface area (Å²) in [6.45, 7) is 2.12. The van der Waals surface area contributed by atoms with Crippen LogP contribution < -0.4 is 5.32 Å². The summed E-state index contributed by atoms with van der Waals surface area (Å²) in [5, 5.41) is 12.2. The van der Waals surface area contributed by atoms with Gasteiger partial charge >= 0.3 is 0 Å². The van der Waals surface area contributed by atoms with Crippen LogP contribution in [0.1, 0.15) is 23.9 Å². The summed E-state index contributed by atoms with van der Waals surface area (Å²) in [5.41, 5.74) is 3.90. The second kappa shape index (κ2) is 10.2. The van der Waals surface area contributed by atoms with Gasteiger partial charge in [-0.25, -0.2) is 4.39 Å². The van der Waals surface area contributed by atoms with Crippen LogP contribution in [0.4, 0.5) is 10.1 Å². The van der Waals surface area contributed by atoms with Crippen molar-refractivity contribution in [3.63, 3.8) is 0 Å². The lowest BCUT2D eigenvalue weighted by atomic mass is 10.1. The predicted octanol–water partition coefficient (Wildman–Crippen LogP) is 5.29. The van der Waals surface area contributed by atoms with Crippen molar-refractivity contribution in [2.45, 2.75) is 24.9 Å². The standard InChI is InChI=1S/C25H23FN4OS/c1-2-18-8-14-22(15-9-18)30-23(16-19-6-4-3-5-7-19)28-29-25(30)32-17-24(31)27-21-12-10-20(26)11-13-21/h3-15H,2,16-17H2,1H3,(H,27,31). The van der Waals surface area contributed by atoms with Crippen molar-refractivity contribution >= 4 is 23.4 Å². The summed E-state index contributed by atoms with van der Waals surface area (Å²) in [5.74, 6) is 0.433. The number of carbonyl (C=O) groups excluding carboxylic acids is 1. The van der Waals surface area contributed by atoms with Gasteiger partial charge in [0.1, 0.15) is 11.6 Å². The molecule has 0 atom stereocenters. The molecule has 5 nitrogen and oxygen atoms in total. The van der Waals surface area contributed by atoms with Crippen LogP contribution in [0.15, 0.2) is 84.0 Å². The smallest absolute Gasteiger partial charge is 0.234 e. The van der Waals surface area contributed by atoms with Crippen molar-refractivity contribution in [3.05, 3.63) is 102 Å². The highest BCUT2D eigenvalue weighted by atomic mass is 32.2. The Bertz CT molecular complexity index is 1180. The number of rotatable bonds is 8. The number of hydrogen-bond acceptors (Lipinski definition) is 4.